The van der Waals surface area contributed by atoms with Gasteiger partial charge in [0.25, 0.3) is 0 Å². The number of hydrogen-bond donors (Lipinski definition) is 1. The lowest BCUT2D eigenvalue weighted by Gasteiger charge is -2.52. The Kier molecular flexibility index (Phi) is 7.70. The van der Waals surface area contributed by atoms with E-state index in [2.05, 4.69) is 5.32 Å². The molecule has 0 aliphatic carbocycles. The van der Waals surface area contributed by atoms with Gasteiger partial charge in [-0.1, -0.05) is 42.5 Å². The maximum Gasteiger partial charge on any atom is 0.408 e. The van der Waals surface area contributed by atoms with Crippen LogP contribution in [-0.2, 0) is 4.74 Å². The highest BCUT2D eigenvalue weighted by atomic mass is 19.1. The first kappa shape index (κ1) is 25.2. The van der Waals surface area contributed by atoms with Gasteiger partial charge in [-0.2, -0.15) is 0 Å². The zero-order valence-corrected chi connectivity index (χ0v) is 20.8. The van der Waals surface area contributed by atoms with Crippen LogP contribution in [0.3, 0.4) is 0 Å². The second kappa shape index (κ2) is 11.3. The molecule has 0 spiro atoms. The van der Waals surface area contributed by atoms with E-state index in [-0.39, 0.29) is 6.04 Å². The average Bonchev–Trinajstić information content (AvgIpc) is 2.91. The van der Waals surface area contributed by atoms with Crippen molar-refractivity contribution in [2.45, 2.75) is 31.4 Å². The molecule has 7 heteroatoms. The third kappa shape index (κ3) is 6.28. The van der Waals surface area contributed by atoms with Gasteiger partial charge in [0.1, 0.15) is 17.4 Å². The molecule has 5 nitrogen and oxygen atoms in total. The maximum absolute atomic E-state index is 14.0. The van der Waals surface area contributed by atoms with Gasteiger partial charge < -0.3 is 19.3 Å². The molecule has 194 valence electrons. The van der Waals surface area contributed by atoms with Crippen molar-refractivity contribution >= 4 is 6.09 Å². The third-order valence-corrected chi connectivity index (χ3v) is 7.72. The molecule has 0 aromatic heterocycles. The van der Waals surface area contributed by atoms with Crippen LogP contribution < -0.4 is 10.1 Å². The standard InChI is InChI=1S/C30H32F2N2O3/c31-25-9-4-7-23(19-25)29(24-8-5-10-26(32)20-24)37-30(35)33-28-21-34(16-13-22(28)14-17-34)15-6-18-36-27-11-2-1-3-12-27/h1-5,7-12,19-20,22,28-29H,6,13-18,21H2/p+1. The lowest BCUT2D eigenvalue weighted by Crippen LogP contribution is -2.67. The number of fused-ring (bicyclic) bond motifs is 3. The number of alkyl carbamates (subject to hydrolysis) is 1. The molecule has 3 aliphatic heterocycles. The van der Waals surface area contributed by atoms with Crippen molar-refractivity contribution in [1.82, 2.24) is 5.32 Å². The smallest absolute Gasteiger partial charge is 0.408 e. The molecule has 6 rings (SSSR count). The highest BCUT2D eigenvalue weighted by molar-refractivity contribution is 5.68. The van der Waals surface area contributed by atoms with Crippen LogP contribution >= 0.6 is 0 Å². The predicted octanol–water partition coefficient (Wildman–Crippen LogP) is 5.86. The first-order valence-corrected chi connectivity index (χ1v) is 13.0. The molecule has 37 heavy (non-hydrogen) atoms. The quantitative estimate of drug-likeness (QED) is 0.292. The van der Waals surface area contributed by atoms with E-state index < -0.39 is 23.8 Å². The number of piperidine rings is 3. The summed E-state index contributed by atoms with van der Waals surface area (Å²) in [6.45, 7) is 4.74. The van der Waals surface area contributed by atoms with Crippen molar-refractivity contribution in [1.29, 1.82) is 0 Å². The van der Waals surface area contributed by atoms with E-state index in [4.69, 9.17) is 9.47 Å². The van der Waals surface area contributed by atoms with Gasteiger partial charge in [-0.3, -0.25) is 0 Å². The minimum Gasteiger partial charge on any atom is -0.493 e. The first-order chi connectivity index (χ1) is 18.0. The van der Waals surface area contributed by atoms with Crippen LogP contribution in [0.25, 0.3) is 0 Å². The molecule has 1 N–H and O–H groups in total. The number of nitrogens with zero attached hydrogens (tertiary/aromatic N) is 1. The summed E-state index contributed by atoms with van der Waals surface area (Å²) in [5, 5.41) is 3.10. The van der Waals surface area contributed by atoms with Crippen LogP contribution in [0.1, 0.15) is 36.5 Å². The summed E-state index contributed by atoms with van der Waals surface area (Å²) in [6, 6.07) is 21.6. The molecular formula is C30H33F2N2O3+. The summed E-state index contributed by atoms with van der Waals surface area (Å²) in [5.74, 6) is 0.411. The van der Waals surface area contributed by atoms with Gasteiger partial charge in [0.15, 0.2) is 6.10 Å². The number of carbonyl (C=O) groups is 1. The van der Waals surface area contributed by atoms with E-state index in [1.165, 1.54) is 24.3 Å². The van der Waals surface area contributed by atoms with Gasteiger partial charge >= 0.3 is 6.09 Å². The summed E-state index contributed by atoms with van der Waals surface area (Å²) in [6.07, 6.45) is 1.58. The molecule has 3 fully saturated rings. The van der Waals surface area contributed by atoms with Gasteiger partial charge in [-0.05, 0) is 53.4 Å². The van der Waals surface area contributed by atoms with E-state index in [1.807, 2.05) is 30.3 Å². The Balaban J connectivity index is 1.21. The van der Waals surface area contributed by atoms with E-state index in [1.54, 1.807) is 24.3 Å². The highest BCUT2D eigenvalue weighted by Gasteiger charge is 2.46. The van der Waals surface area contributed by atoms with Crippen LogP contribution in [0.5, 0.6) is 5.75 Å². The lowest BCUT2D eigenvalue weighted by molar-refractivity contribution is -0.944. The largest absolute Gasteiger partial charge is 0.493 e. The van der Waals surface area contributed by atoms with Crippen molar-refractivity contribution in [3.8, 4) is 5.75 Å². The highest BCUT2D eigenvalue weighted by Crippen LogP contribution is 2.35. The predicted molar refractivity (Wildman–Crippen MR) is 137 cm³/mol. The molecular weight excluding hydrogens is 474 g/mol. The molecule has 1 unspecified atom stereocenters. The molecule has 2 bridgehead atoms. The van der Waals surface area contributed by atoms with Crippen molar-refractivity contribution in [3.63, 3.8) is 0 Å². The van der Waals surface area contributed by atoms with Gasteiger partial charge in [-0.25, -0.2) is 13.6 Å². The average molecular weight is 508 g/mol. The van der Waals surface area contributed by atoms with Crippen LogP contribution in [0, 0.1) is 17.6 Å². The SMILES string of the molecule is O=C(NC1C[N+]2(CCCOc3ccccc3)CCC1CC2)OC(c1cccc(F)c1)c1cccc(F)c1. The normalized spacial score (nSPS) is 22.6. The van der Waals surface area contributed by atoms with Gasteiger partial charge in [0.2, 0.25) is 0 Å². The summed E-state index contributed by atoms with van der Waals surface area (Å²) in [4.78, 5) is 13.1. The molecule has 0 saturated carbocycles. The molecule has 3 aliphatic rings. The molecule has 1 amide bonds. The summed E-state index contributed by atoms with van der Waals surface area (Å²) in [5.41, 5.74) is 0.910. The summed E-state index contributed by atoms with van der Waals surface area (Å²) >= 11 is 0. The second-order valence-corrected chi connectivity index (χ2v) is 10.2. The van der Waals surface area contributed by atoms with E-state index in [9.17, 15) is 13.6 Å². The first-order valence-electron chi connectivity index (χ1n) is 13.0. The monoisotopic (exact) mass is 507 g/mol. The van der Waals surface area contributed by atoms with Crippen molar-refractivity contribution < 1.29 is 27.5 Å². The van der Waals surface area contributed by atoms with Gasteiger partial charge in [0.05, 0.1) is 38.8 Å². The van der Waals surface area contributed by atoms with Crippen molar-refractivity contribution in [2.24, 2.45) is 5.92 Å². The molecule has 3 saturated heterocycles. The van der Waals surface area contributed by atoms with Crippen molar-refractivity contribution in [3.05, 3.63) is 102 Å². The van der Waals surface area contributed by atoms with Gasteiger partial charge in [0, 0.05) is 19.3 Å². The Morgan fingerprint density at radius 2 is 1.57 bits per heavy atom. The van der Waals surface area contributed by atoms with Crippen LogP contribution in [0.4, 0.5) is 13.6 Å². The minimum absolute atomic E-state index is 0.00529. The number of nitrogens with one attached hydrogen (secondary N) is 1. The van der Waals surface area contributed by atoms with Crippen LogP contribution in [0.2, 0.25) is 0 Å². The Hall–Kier alpha value is -3.45. The van der Waals surface area contributed by atoms with E-state index >= 15 is 0 Å². The minimum atomic E-state index is -0.911. The fraction of sp³-hybridized carbons (Fsp3) is 0.367. The van der Waals surface area contributed by atoms with Crippen molar-refractivity contribution in [2.75, 3.05) is 32.8 Å². The van der Waals surface area contributed by atoms with Gasteiger partial charge in [-0.15, -0.1) is 0 Å². The number of quaternary nitrogens is 1. The summed E-state index contributed by atoms with van der Waals surface area (Å²) in [7, 11) is 0. The zero-order valence-electron chi connectivity index (χ0n) is 20.8. The molecule has 0 radical (unpaired) electrons. The molecule has 1 atom stereocenters. The maximum atomic E-state index is 14.0. The van der Waals surface area contributed by atoms with E-state index in [0.717, 1.165) is 55.7 Å². The topological polar surface area (TPSA) is 47.6 Å². The Bertz CT molecular complexity index is 1150. The number of benzene rings is 3. The zero-order chi connectivity index (χ0) is 25.7. The van der Waals surface area contributed by atoms with Crippen LogP contribution in [0.15, 0.2) is 78.9 Å². The number of rotatable bonds is 9. The fourth-order valence-corrected chi connectivity index (χ4v) is 5.83. The number of amides is 1. The number of para-hydroxylation sites is 1. The molecule has 3 aromatic carbocycles. The summed E-state index contributed by atoms with van der Waals surface area (Å²) < 4.78 is 40.6. The fourth-order valence-electron chi connectivity index (χ4n) is 5.83. The lowest BCUT2D eigenvalue weighted by atomic mass is 9.81. The molecule has 3 heterocycles. The number of hydrogen-bond acceptors (Lipinski definition) is 3. The van der Waals surface area contributed by atoms with Crippen LogP contribution in [-0.4, -0.2) is 49.4 Å². The Morgan fingerprint density at radius 3 is 2.19 bits per heavy atom. The number of ether oxygens (including phenoxy) is 2. The molecule has 3 aromatic rings. The second-order valence-electron chi connectivity index (χ2n) is 10.2. The number of carbonyl (C=O) groups excluding carboxylic acids is 1. The van der Waals surface area contributed by atoms with E-state index in [0.29, 0.717) is 23.7 Å². The Morgan fingerprint density at radius 1 is 0.919 bits per heavy atom. The Labute approximate surface area is 216 Å². The third-order valence-electron chi connectivity index (χ3n) is 7.72. The number of halogens is 2.